The van der Waals surface area contributed by atoms with E-state index in [0.29, 0.717) is 17.2 Å². The molecular formula is C25H24O4. The van der Waals surface area contributed by atoms with Gasteiger partial charge in [-0.1, -0.05) is 42.5 Å². The van der Waals surface area contributed by atoms with Gasteiger partial charge < -0.3 is 18.9 Å². The second kappa shape index (κ2) is 7.92. The number of methoxy groups -OCH3 is 4. The molecule has 0 bridgehead atoms. The first-order valence-electron chi connectivity index (χ1n) is 9.46. The first-order valence-corrected chi connectivity index (χ1v) is 9.46. The first-order chi connectivity index (χ1) is 14.2. The van der Waals surface area contributed by atoms with Gasteiger partial charge in [0.25, 0.3) is 0 Å². The predicted molar refractivity (Wildman–Crippen MR) is 117 cm³/mol. The van der Waals surface area contributed by atoms with E-state index in [1.54, 1.807) is 28.4 Å². The molecule has 0 amide bonds. The molecule has 0 N–H and O–H groups in total. The van der Waals surface area contributed by atoms with E-state index in [9.17, 15) is 0 Å². The Labute approximate surface area is 170 Å². The molecule has 0 aromatic heterocycles. The van der Waals surface area contributed by atoms with E-state index in [0.717, 1.165) is 28.3 Å². The van der Waals surface area contributed by atoms with Gasteiger partial charge in [0, 0.05) is 5.39 Å². The maximum atomic E-state index is 5.83. The maximum Gasteiger partial charge on any atom is 0.203 e. The zero-order valence-corrected chi connectivity index (χ0v) is 17.1. The molecule has 0 saturated heterocycles. The Bertz CT molecular complexity index is 1160. The summed E-state index contributed by atoms with van der Waals surface area (Å²) in [6.07, 6.45) is 0.761. The first kappa shape index (κ1) is 18.9. The second-order valence-corrected chi connectivity index (χ2v) is 6.85. The van der Waals surface area contributed by atoms with E-state index in [-0.39, 0.29) is 0 Å². The lowest BCUT2D eigenvalue weighted by Crippen LogP contribution is -1.99. The van der Waals surface area contributed by atoms with Crippen molar-refractivity contribution >= 4 is 21.5 Å². The number of hydrogen-bond acceptors (Lipinski definition) is 4. The van der Waals surface area contributed by atoms with Crippen molar-refractivity contribution in [1.29, 1.82) is 0 Å². The molecule has 0 unspecified atom stereocenters. The SMILES string of the molecule is COc1ccc(Cc2cc3ccccc3c3cc(OC)c(OC)c(OC)c23)cc1. The highest BCUT2D eigenvalue weighted by Crippen LogP contribution is 2.47. The average molecular weight is 388 g/mol. The van der Waals surface area contributed by atoms with Crippen molar-refractivity contribution in [2.75, 3.05) is 28.4 Å². The zero-order chi connectivity index (χ0) is 20.4. The number of rotatable bonds is 6. The van der Waals surface area contributed by atoms with Crippen LogP contribution in [0, 0.1) is 0 Å². The highest BCUT2D eigenvalue weighted by Gasteiger charge is 2.20. The molecule has 4 rings (SSSR count). The summed E-state index contributed by atoms with van der Waals surface area (Å²) in [5, 5.41) is 4.46. The molecule has 0 heterocycles. The molecule has 4 nitrogen and oxygen atoms in total. The van der Waals surface area contributed by atoms with E-state index in [2.05, 4.69) is 36.4 Å². The summed E-state index contributed by atoms with van der Waals surface area (Å²) in [4.78, 5) is 0. The maximum absolute atomic E-state index is 5.83. The van der Waals surface area contributed by atoms with Gasteiger partial charge >= 0.3 is 0 Å². The Morgan fingerprint density at radius 1 is 0.655 bits per heavy atom. The smallest absolute Gasteiger partial charge is 0.203 e. The Hall–Kier alpha value is -3.40. The molecule has 29 heavy (non-hydrogen) atoms. The fraction of sp³-hybridized carbons (Fsp3) is 0.200. The third-order valence-electron chi connectivity index (χ3n) is 5.29. The molecule has 4 heteroatoms. The van der Waals surface area contributed by atoms with Crippen LogP contribution in [0.3, 0.4) is 0 Å². The van der Waals surface area contributed by atoms with Crippen LogP contribution in [0.5, 0.6) is 23.0 Å². The Morgan fingerprint density at radius 3 is 2.03 bits per heavy atom. The highest BCUT2D eigenvalue weighted by molar-refractivity contribution is 6.12. The molecular weight excluding hydrogens is 364 g/mol. The summed E-state index contributed by atoms with van der Waals surface area (Å²) in [5.74, 6) is 2.80. The van der Waals surface area contributed by atoms with Crippen LogP contribution in [0.2, 0.25) is 0 Å². The lowest BCUT2D eigenvalue weighted by atomic mass is 9.92. The summed E-state index contributed by atoms with van der Waals surface area (Å²) in [5.41, 5.74) is 2.36. The van der Waals surface area contributed by atoms with E-state index in [1.165, 1.54) is 16.5 Å². The van der Waals surface area contributed by atoms with Crippen molar-refractivity contribution in [2.24, 2.45) is 0 Å². The van der Waals surface area contributed by atoms with Crippen molar-refractivity contribution in [2.45, 2.75) is 6.42 Å². The van der Waals surface area contributed by atoms with Crippen molar-refractivity contribution < 1.29 is 18.9 Å². The monoisotopic (exact) mass is 388 g/mol. The van der Waals surface area contributed by atoms with Crippen LogP contribution in [-0.4, -0.2) is 28.4 Å². The van der Waals surface area contributed by atoms with Gasteiger partial charge in [-0.05, 0) is 51.9 Å². The molecule has 0 radical (unpaired) electrons. The quantitative estimate of drug-likeness (QED) is 0.402. The number of benzene rings is 4. The van der Waals surface area contributed by atoms with E-state index in [1.807, 2.05) is 24.3 Å². The number of ether oxygens (including phenoxy) is 4. The minimum Gasteiger partial charge on any atom is -0.497 e. The van der Waals surface area contributed by atoms with Crippen molar-refractivity contribution in [3.8, 4) is 23.0 Å². The fourth-order valence-electron chi connectivity index (χ4n) is 3.92. The molecule has 0 saturated carbocycles. The molecule has 148 valence electrons. The lowest BCUT2D eigenvalue weighted by molar-refractivity contribution is 0.327. The van der Waals surface area contributed by atoms with Gasteiger partial charge in [-0.2, -0.15) is 0 Å². The van der Waals surface area contributed by atoms with Crippen LogP contribution >= 0.6 is 0 Å². The van der Waals surface area contributed by atoms with E-state index >= 15 is 0 Å². The molecule has 4 aromatic rings. The van der Waals surface area contributed by atoms with Crippen LogP contribution in [0.1, 0.15) is 11.1 Å². The van der Waals surface area contributed by atoms with Gasteiger partial charge in [-0.3, -0.25) is 0 Å². The lowest BCUT2D eigenvalue weighted by Gasteiger charge is -2.19. The Morgan fingerprint density at radius 2 is 1.38 bits per heavy atom. The molecule has 0 aliphatic heterocycles. The summed E-state index contributed by atoms with van der Waals surface area (Å²) >= 11 is 0. The molecule has 0 spiro atoms. The predicted octanol–water partition coefficient (Wildman–Crippen LogP) is 5.62. The molecule has 0 aliphatic rings. The largest absolute Gasteiger partial charge is 0.497 e. The van der Waals surface area contributed by atoms with E-state index in [4.69, 9.17) is 18.9 Å². The molecule has 4 aromatic carbocycles. The van der Waals surface area contributed by atoms with Gasteiger partial charge in [0.2, 0.25) is 5.75 Å². The minimum absolute atomic E-state index is 0.605. The Balaban J connectivity index is 2.02. The second-order valence-electron chi connectivity index (χ2n) is 6.85. The summed E-state index contributed by atoms with van der Waals surface area (Å²) in [6, 6.07) is 20.8. The molecule has 0 aliphatic carbocycles. The third-order valence-corrected chi connectivity index (χ3v) is 5.29. The summed E-state index contributed by atoms with van der Waals surface area (Å²) < 4.78 is 22.4. The average Bonchev–Trinajstić information content (AvgIpc) is 2.78. The van der Waals surface area contributed by atoms with Crippen molar-refractivity contribution in [1.82, 2.24) is 0 Å². The van der Waals surface area contributed by atoms with Gasteiger partial charge in [0.15, 0.2) is 11.5 Å². The van der Waals surface area contributed by atoms with E-state index < -0.39 is 0 Å². The fourth-order valence-corrected chi connectivity index (χ4v) is 3.92. The van der Waals surface area contributed by atoms with Crippen molar-refractivity contribution in [3.05, 3.63) is 71.8 Å². The van der Waals surface area contributed by atoms with Gasteiger partial charge in [-0.15, -0.1) is 0 Å². The third kappa shape index (κ3) is 3.31. The standard InChI is InChI=1S/C25H24O4/c1-26-19-11-9-16(10-12-19)13-18-14-17-7-5-6-8-20(17)21-15-22(27-2)24(28-3)25(29-4)23(18)21/h5-12,14-15H,13H2,1-4H3. The summed E-state index contributed by atoms with van der Waals surface area (Å²) in [7, 11) is 6.63. The minimum atomic E-state index is 0.605. The van der Waals surface area contributed by atoms with Crippen LogP contribution in [0.4, 0.5) is 0 Å². The normalized spacial score (nSPS) is 10.9. The molecule has 0 fully saturated rings. The van der Waals surface area contributed by atoms with Crippen LogP contribution in [-0.2, 0) is 6.42 Å². The number of fused-ring (bicyclic) bond motifs is 3. The van der Waals surface area contributed by atoms with Crippen LogP contribution in [0.15, 0.2) is 60.7 Å². The highest BCUT2D eigenvalue weighted by atomic mass is 16.5. The molecule has 0 atom stereocenters. The Kier molecular flexibility index (Phi) is 5.17. The zero-order valence-electron chi connectivity index (χ0n) is 17.1. The van der Waals surface area contributed by atoms with Gasteiger partial charge in [0.05, 0.1) is 28.4 Å². The van der Waals surface area contributed by atoms with Gasteiger partial charge in [0.1, 0.15) is 5.75 Å². The number of hydrogen-bond donors (Lipinski definition) is 0. The topological polar surface area (TPSA) is 36.9 Å². The van der Waals surface area contributed by atoms with Crippen LogP contribution in [0.25, 0.3) is 21.5 Å². The van der Waals surface area contributed by atoms with Gasteiger partial charge in [-0.25, -0.2) is 0 Å². The van der Waals surface area contributed by atoms with Crippen molar-refractivity contribution in [3.63, 3.8) is 0 Å². The summed E-state index contributed by atoms with van der Waals surface area (Å²) in [6.45, 7) is 0. The van der Waals surface area contributed by atoms with Crippen LogP contribution < -0.4 is 18.9 Å².